The standard InChI is InChI=1S/C9H8O4.K/c10-5-7-2-1-3-8(4-7)13-6-9(11)12;/h1-5H,6H2,(H,11,12);/q;+1/p-1. The first-order valence-corrected chi connectivity index (χ1v) is 3.60. The first kappa shape index (κ1) is 13.8. The molecular weight excluding hydrogens is 211 g/mol. The van der Waals surface area contributed by atoms with Crippen molar-refractivity contribution in [3.8, 4) is 5.75 Å². The fourth-order valence-corrected chi connectivity index (χ4v) is 0.820. The molecule has 0 atom stereocenters. The van der Waals surface area contributed by atoms with Crippen molar-refractivity contribution in [2.24, 2.45) is 0 Å². The smallest absolute Gasteiger partial charge is 0.546 e. The van der Waals surface area contributed by atoms with Crippen molar-refractivity contribution in [3.05, 3.63) is 29.8 Å². The van der Waals surface area contributed by atoms with Gasteiger partial charge < -0.3 is 14.6 Å². The van der Waals surface area contributed by atoms with E-state index in [1.807, 2.05) is 0 Å². The van der Waals surface area contributed by atoms with Crippen molar-refractivity contribution in [1.82, 2.24) is 0 Å². The quantitative estimate of drug-likeness (QED) is 0.391. The second-order valence-corrected chi connectivity index (χ2v) is 2.35. The van der Waals surface area contributed by atoms with Gasteiger partial charge in [-0.25, -0.2) is 0 Å². The molecule has 0 bridgehead atoms. The van der Waals surface area contributed by atoms with Crippen LogP contribution in [0.15, 0.2) is 24.3 Å². The molecule has 0 radical (unpaired) electrons. The van der Waals surface area contributed by atoms with Gasteiger partial charge >= 0.3 is 51.4 Å². The normalized spacial score (nSPS) is 8.57. The van der Waals surface area contributed by atoms with E-state index in [0.717, 1.165) is 0 Å². The van der Waals surface area contributed by atoms with Gasteiger partial charge in [-0.1, -0.05) is 12.1 Å². The molecule has 0 saturated carbocycles. The second kappa shape index (κ2) is 7.14. The van der Waals surface area contributed by atoms with Crippen LogP contribution in [0.3, 0.4) is 0 Å². The third kappa shape index (κ3) is 4.87. The van der Waals surface area contributed by atoms with Gasteiger partial charge in [-0.3, -0.25) is 4.79 Å². The van der Waals surface area contributed by atoms with E-state index in [-0.39, 0.29) is 51.4 Å². The summed E-state index contributed by atoms with van der Waals surface area (Å²) in [5, 5.41) is 10.0. The number of ether oxygens (including phenoxy) is 1. The Balaban J connectivity index is 0.00000169. The first-order valence-electron chi connectivity index (χ1n) is 3.60. The summed E-state index contributed by atoms with van der Waals surface area (Å²) in [4.78, 5) is 20.3. The van der Waals surface area contributed by atoms with Gasteiger partial charge in [-0.15, -0.1) is 0 Å². The Bertz CT molecular complexity index is 324. The SMILES string of the molecule is O=Cc1cccc(OCC(=O)[O-])c1.[K+]. The van der Waals surface area contributed by atoms with Gasteiger partial charge in [-0.05, 0) is 12.1 Å². The number of hydrogen-bond donors (Lipinski definition) is 0. The molecule has 0 aliphatic rings. The van der Waals surface area contributed by atoms with Crippen LogP contribution in [0.25, 0.3) is 0 Å². The molecule has 0 aliphatic heterocycles. The minimum Gasteiger partial charge on any atom is -0.546 e. The first-order chi connectivity index (χ1) is 6.22. The van der Waals surface area contributed by atoms with Gasteiger partial charge in [0.2, 0.25) is 0 Å². The van der Waals surface area contributed by atoms with E-state index in [4.69, 9.17) is 4.74 Å². The Hall–Kier alpha value is -0.204. The largest absolute Gasteiger partial charge is 1.00 e. The molecule has 5 heteroatoms. The Morgan fingerprint density at radius 1 is 1.50 bits per heavy atom. The Morgan fingerprint density at radius 2 is 2.21 bits per heavy atom. The van der Waals surface area contributed by atoms with E-state index >= 15 is 0 Å². The molecular formula is C9H7KO4. The summed E-state index contributed by atoms with van der Waals surface area (Å²) in [5.74, 6) is -0.953. The molecule has 1 rings (SSSR count). The van der Waals surface area contributed by atoms with Gasteiger partial charge in [0.15, 0.2) is 0 Å². The molecule has 0 aliphatic carbocycles. The van der Waals surface area contributed by atoms with Crippen LogP contribution in [-0.4, -0.2) is 18.9 Å². The minimum atomic E-state index is -1.29. The Kier molecular flexibility index (Phi) is 7.03. The van der Waals surface area contributed by atoms with Crippen LogP contribution in [0, 0.1) is 0 Å². The van der Waals surface area contributed by atoms with Crippen LogP contribution in [0.5, 0.6) is 5.75 Å². The molecule has 0 spiro atoms. The second-order valence-electron chi connectivity index (χ2n) is 2.35. The predicted octanol–water partition coefficient (Wildman–Crippen LogP) is -3.37. The summed E-state index contributed by atoms with van der Waals surface area (Å²) < 4.78 is 4.79. The van der Waals surface area contributed by atoms with Gasteiger partial charge in [0.05, 0.1) is 5.97 Å². The molecule has 0 aromatic heterocycles. The maximum Gasteiger partial charge on any atom is 1.00 e. The topological polar surface area (TPSA) is 66.4 Å². The van der Waals surface area contributed by atoms with Crippen LogP contribution in [0.4, 0.5) is 0 Å². The average molecular weight is 218 g/mol. The summed E-state index contributed by atoms with van der Waals surface area (Å²) >= 11 is 0. The zero-order chi connectivity index (χ0) is 9.68. The van der Waals surface area contributed by atoms with Crippen LogP contribution in [0.2, 0.25) is 0 Å². The van der Waals surface area contributed by atoms with Crippen molar-refractivity contribution < 1.29 is 70.8 Å². The molecule has 0 heterocycles. The third-order valence-corrected chi connectivity index (χ3v) is 1.35. The Morgan fingerprint density at radius 3 is 2.79 bits per heavy atom. The van der Waals surface area contributed by atoms with Gasteiger partial charge in [0.1, 0.15) is 18.6 Å². The number of carbonyl (C=O) groups is 2. The summed E-state index contributed by atoms with van der Waals surface area (Å²) in [6, 6.07) is 6.22. The molecule has 0 amide bonds. The van der Waals surface area contributed by atoms with Crippen molar-refractivity contribution >= 4 is 12.3 Å². The molecule has 68 valence electrons. The number of carboxylic acid groups (broad SMARTS) is 1. The van der Waals surface area contributed by atoms with E-state index in [9.17, 15) is 14.7 Å². The fraction of sp³-hybridized carbons (Fsp3) is 0.111. The van der Waals surface area contributed by atoms with Gasteiger partial charge in [-0.2, -0.15) is 0 Å². The number of carbonyl (C=O) groups excluding carboxylic acids is 2. The van der Waals surface area contributed by atoms with E-state index in [0.29, 0.717) is 17.6 Å². The minimum absolute atomic E-state index is 0. The van der Waals surface area contributed by atoms with Gasteiger partial charge in [0.25, 0.3) is 0 Å². The van der Waals surface area contributed by atoms with Crippen LogP contribution in [0.1, 0.15) is 10.4 Å². The Labute approximate surface area is 124 Å². The molecule has 0 unspecified atom stereocenters. The predicted molar refractivity (Wildman–Crippen MR) is 42.3 cm³/mol. The van der Waals surface area contributed by atoms with Crippen molar-refractivity contribution in [2.75, 3.05) is 6.61 Å². The summed E-state index contributed by atoms with van der Waals surface area (Å²) in [5.41, 5.74) is 0.441. The molecule has 0 N–H and O–H groups in total. The summed E-state index contributed by atoms with van der Waals surface area (Å²) in [6.07, 6.45) is 0.659. The van der Waals surface area contributed by atoms with Crippen molar-refractivity contribution in [2.45, 2.75) is 0 Å². The zero-order valence-corrected chi connectivity index (χ0v) is 10.8. The van der Waals surface area contributed by atoms with Gasteiger partial charge in [0, 0.05) is 5.56 Å². The molecule has 0 fully saturated rings. The van der Waals surface area contributed by atoms with Crippen molar-refractivity contribution in [3.63, 3.8) is 0 Å². The number of hydrogen-bond acceptors (Lipinski definition) is 4. The average Bonchev–Trinajstić information content (AvgIpc) is 2.15. The monoisotopic (exact) mass is 218 g/mol. The zero-order valence-electron chi connectivity index (χ0n) is 7.73. The molecule has 14 heavy (non-hydrogen) atoms. The fourth-order valence-electron chi connectivity index (χ4n) is 0.820. The van der Waals surface area contributed by atoms with E-state index < -0.39 is 12.6 Å². The summed E-state index contributed by atoms with van der Waals surface area (Å²) in [7, 11) is 0. The number of benzene rings is 1. The van der Waals surface area contributed by atoms with E-state index in [1.54, 1.807) is 18.2 Å². The summed E-state index contributed by atoms with van der Waals surface area (Å²) in [6.45, 7) is -0.512. The van der Waals surface area contributed by atoms with E-state index in [2.05, 4.69) is 0 Å². The number of rotatable bonds is 4. The maximum absolute atomic E-state index is 10.3. The number of carboxylic acids is 1. The molecule has 1 aromatic rings. The third-order valence-electron chi connectivity index (χ3n) is 1.35. The number of aliphatic carboxylic acids is 1. The number of aldehydes is 1. The van der Waals surface area contributed by atoms with Crippen LogP contribution >= 0.6 is 0 Å². The van der Waals surface area contributed by atoms with E-state index in [1.165, 1.54) is 6.07 Å². The van der Waals surface area contributed by atoms with Crippen LogP contribution in [-0.2, 0) is 4.79 Å². The van der Waals surface area contributed by atoms with Crippen LogP contribution < -0.4 is 61.2 Å². The van der Waals surface area contributed by atoms with Crippen molar-refractivity contribution in [1.29, 1.82) is 0 Å². The molecule has 0 saturated heterocycles. The molecule has 4 nitrogen and oxygen atoms in total. The maximum atomic E-state index is 10.3. The molecule has 1 aromatic carbocycles.